The lowest BCUT2D eigenvalue weighted by molar-refractivity contribution is -0.142. The predicted octanol–water partition coefficient (Wildman–Crippen LogP) is 1.96. The Hall–Kier alpha value is -1.50. The number of carbonyl (C=O) groups excluding carboxylic acids is 1. The normalized spacial score (nSPS) is 19.6. The van der Waals surface area contributed by atoms with Crippen LogP contribution in [0.3, 0.4) is 0 Å². The minimum atomic E-state index is -0.922. The molecule has 0 aromatic carbocycles. The van der Waals surface area contributed by atoms with Crippen molar-refractivity contribution in [3.63, 3.8) is 0 Å². The summed E-state index contributed by atoms with van der Waals surface area (Å²) in [6.45, 7) is 2.51. The second kappa shape index (κ2) is 6.78. The van der Waals surface area contributed by atoms with Gasteiger partial charge >= 0.3 is 5.97 Å². The molecule has 1 fully saturated rings. The molecular weight excluding hydrogens is 278 g/mol. The third-order valence-corrected chi connectivity index (χ3v) is 4.29. The summed E-state index contributed by atoms with van der Waals surface area (Å²) in [5.41, 5.74) is 0.691. The Balaban J connectivity index is 2.24. The largest absolute Gasteiger partial charge is 0.480 e. The van der Waals surface area contributed by atoms with Crippen LogP contribution in [0, 0.1) is 0 Å². The third kappa shape index (κ3) is 3.15. The van der Waals surface area contributed by atoms with Gasteiger partial charge in [0.05, 0.1) is 5.69 Å². The fraction of sp³-hybridized carbons (Fsp3) is 0.692. The molecule has 1 aliphatic rings. The molecule has 0 aliphatic carbocycles. The monoisotopic (exact) mass is 297 g/mol. The Kier molecular flexibility index (Phi) is 5.05. The topological polar surface area (TPSA) is 83.4 Å². The van der Waals surface area contributed by atoms with Gasteiger partial charge in [0.25, 0.3) is 5.91 Å². The SMILES string of the molecule is CCCc1nnsc1C(=O)N1CCCCCC1C(=O)O. The van der Waals surface area contributed by atoms with Gasteiger partial charge in [0.15, 0.2) is 0 Å². The summed E-state index contributed by atoms with van der Waals surface area (Å²) in [6, 6.07) is -0.721. The van der Waals surface area contributed by atoms with Crippen molar-refractivity contribution >= 4 is 23.4 Å². The van der Waals surface area contributed by atoms with Crippen molar-refractivity contribution in [1.82, 2.24) is 14.5 Å². The molecular formula is C13H19N3O3S. The molecule has 110 valence electrons. The van der Waals surface area contributed by atoms with E-state index < -0.39 is 12.0 Å². The molecule has 1 N–H and O–H groups in total. The smallest absolute Gasteiger partial charge is 0.326 e. The van der Waals surface area contributed by atoms with E-state index >= 15 is 0 Å². The van der Waals surface area contributed by atoms with E-state index in [9.17, 15) is 14.7 Å². The highest BCUT2D eigenvalue weighted by Gasteiger charge is 2.33. The fourth-order valence-corrected chi connectivity index (χ4v) is 3.17. The van der Waals surface area contributed by atoms with E-state index in [2.05, 4.69) is 9.59 Å². The first-order valence-electron chi connectivity index (χ1n) is 7.00. The molecule has 20 heavy (non-hydrogen) atoms. The molecule has 1 saturated heterocycles. The van der Waals surface area contributed by atoms with Crippen LogP contribution in [0.4, 0.5) is 0 Å². The Morgan fingerprint density at radius 2 is 2.20 bits per heavy atom. The minimum Gasteiger partial charge on any atom is -0.480 e. The molecule has 1 aliphatic heterocycles. The van der Waals surface area contributed by atoms with Crippen LogP contribution >= 0.6 is 11.5 Å². The van der Waals surface area contributed by atoms with Crippen LogP contribution in [0.5, 0.6) is 0 Å². The van der Waals surface area contributed by atoms with Crippen molar-refractivity contribution in [2.45, 2.75) is 51.5 Å². The van der Waals surface area contributed by atoms with E-state index in [0.717, 1.165) is 37.2 Å². The van der Waals surface area contributed by atoms with E-state index in [0.29, 0.717) is 30.0 Å². The molecule has 0 spiro atoms. The van der Waals surface area contributed by atoms with Gasteiger partial charge in [0, 0.05) is 6.54 Å². The first-order chi connectivity index (χ1) is 9.65. The molecule has 0 saturated carbocycles. The van der Waals surface area contributed by atoms with Crippen molar-refractivity contribution in [3.05, 3.63) is 10.6 Å². The van der Waals surface area contributed by atoms with Crippen LogP contribution < -0.4 is 0 Å². The number of carboxylic acid groups (broad SMARTS) is 1. The zero-order valence-corrected chi connectivity index (χ0v) is 12.4. The van der Waals surface area contributed by atoms with Gasteiger partial charge in [0.2, 0.25) is 0 Å². The van der Waals surface area contributed by atoms with Crippen LogP contribution in [0.1, 0.15) is 54.4 Å². The van der Waals surface area contributed by atoms with Gasteiger partial charge in [-0.25, -0.2) is 4.79 Å². The predicted molar refractivity (Wildman–Crippen MR) is 74.8 cm³/mol. The Morgan fingerprint density at radius 1 is 1.40 bits per heavy atom. The Morgan fingerprint density at radius 3 is 2.90 bits per heavy atom. The van der Waals surface area contributed by atoms with Crippen LogP contribution in [-0.2, 0) is 11.2 Å². The molecule has 2 rings (SSSR count). The summed E-state index contributed by atoms with van der Waals surface area (Å²) in [5.74, 6) is -1.15. The molecule has 2 heterocycles. The molecule has 0 radical (unpaired) electrons. The van der Waals surface area contributed by atoms with Gasteiger partial charge in [-0.1, -0.05) is 30.7 Å². The maximum atomic E-state index is 12.6. The molecule has 1 aromatic rings. The number of carboxylic acids is 1. The third-order valence-electron chi connectivity index (χ3n) is 3.54. The number of aromatic nitrogens is 2. The number of nitrogens with zero attached hydrogens (tertiary/aromatic N) is 3. The van der Waals surface area contributed by atoms with E-state index in [1.807, 2.05) is 6.92 Å². The summed E-state index contributed by atoms with van der Waals surface area (Å²) in [7, 11) is 0. The Bertz CT molecular complexity index is 489. The molecule has 1 amide bonds. The number of aryl methyl sites for hydroxylation is 1. The number of likely N-dealkylation sites (tertiary alicyclic amines) is 1. The van der Waals surface area contributed by atoms with Gasteiger partial charge in [-0.3, -0.25) is 4.79 Å². The van der Waals surface area contributed by atoms with Gasteiger partial charge < -0.3 is 10.0 Å². The lowest BCUT2D eigenvalue weighted by Crippen LogP contribution is -2.44. The van der Waals surface area contributed by atoms with Crippen molar-refractivity contribution in [1.29, 1.82) is 0 Å². The maximum Gasteiger partial charge on any atom is 0.326 e. The average molecular weight is 297 g/mol. The second-order valence-corrected chi connectivity index (χ2v) is 5.75. The molecule has 0 bridgehead atoms. The number of hydrogen-bond acceptors (Lipinski definition) is 5. The highest BCUT2D eigenvalue weighted by molar-refractivity contribution is 7.08. The van der Waals surface area contributed by atoms with E-state index in [1.165, 1.54) is 4.90 Å². The van der Waals surface area contributed by atoms with Crippen molar-refractivity contribution in [3.8, 4) is 0 Å². The van der Waals surface area contributed by atoms with Crippen LogP contribution in [0.2, 0.25) is 0 Å². The summed E-state index contributed by atoms with van der Waals surface area (Å²) in [6.07, 6.45) is 4.78. The second-order valence-electron chi connectivity index (χ2n) is 5.00. The summed E-state index contributed by atoms with van der Waals surface area (Å²) >= 11 is 1.07. The Labute approximate surface area is 122 Å². The van der Waals surface area contributed by atoms with E-state index in [4.69, 9.17) is 0 Å². The number of aliphatic carboxylic acids is 1. The minimum absolute atomic E-state index is 0.224. The van der Waals surface area contributed by atoms with Gasteiger partial charge in [-0.05, 0) is 30.8 Å². The zero-order valence-electron chi connectivity index (χ0n) is 11.5. The lowest BCUT2D eigenvalue weighted by atomic mass is 10.1. The summed E-state index contributed by atoms with van der Waals surface area (Å²) in [4.78, 5) is 26.0. The van der Waals surface area contributed by atoms with Gasteiger partial charge in [-0.2, -0.15) is 0 Å². The molecule has 7 heteroatoms. The van der Waals surface area contributed by atoms with Crippen LogP contribution in [-0.4, -0.2) is 44.1 Å². The van der Waals surface area contributed by atoms with Gasteiger partial charge in [-0.15, -0.1) is 5.10 Å². The highest BCUT2D eigenvalue weighted by Crippen LogP contribution is 2.22. The average Bonchev–Trinajstić information content (AvgIpc) is 2.73. The lowest BCUT2D eigenvalue weighted by Gasteiger charge is -2.26. The number of hydrogen-bond donors (Lipinski definition) is 1. The maximum absolute atomic E-state index is 12.6. The standard InChI is InChI=1S/C13H19N3O3S/c1-2-6-9-11(20-15-14-9)12(17)16-8-5-3-4-7-10(16)13(18)19/h10H,2-8H2,1H3,(H,18,19). The quantitative estimate of drug-likeness (QED) is 0.918. The first kappa shape index (κ1) is 14.9. The first-order valence-corrected chi connectivity index (χ1v) is 7.77. The fourth-order valence-electron chi connectivity index (χ4n) is 2.51. The zero-order chi connectivity index (χ0) is 14.5. The molecule has 1 unspecified atom stereocenters. The number of carbonyl (C=O) groups is 2. The summed E-state index contributed by atoms with van der Waals surface area (Å²) < 4.78 is 3.85. The van der Waals surface area contributed by atoms with E-state index in [1.54, 1.807) is 0 Å². The van der Waals surface area contributed by atoms with Gasteiger partial charge in [0.1, 0.15) is 10.9 Å². The molecule has 1 atom stereocenters. The van der Waals surface area contributed by atoms with Crippen LogP contribution in [0.25, 0.3) is 0 Å². The number of rotatable bonds is 4. The summed E-state index contributed by atoms with van der Waals surface area (Å²) in [5, 5.41) is 13.3. The van der Waals surface area contributed by atoms with Crippen molar-refractivity contribution in [2.75, 3.05) is 6.54 Å². The van der Waals surface area contributed by atoms with E-state index in [-0.39, 0.29) is 5.91 Å². The van der Waals surface area contributed by atoms with Crippen LogP contribution in [0.15, 0.2) is 0 Å². The van der Waals surface area contributed by atoms with Crippen molar-refractivity contribution in [2.24, 2.45) is 0 Å². The van der Waals surface area contributed by atoms with Crippen molar-refractivity contribution < 1.29 is 14.7 Å². The highest BCUT2D eigenvalue weighted by atomic mass is 32.1. The number of amides is 1. The molecule has 1 aromatic heterocycles. The molecule has 6 nitrogen and oxygen atoms in total.